The van der Waals surface area contributed by atoms with Gasteiger partial charge in [0, 0.05) is 25.4 Å². The van der Waals surface area contributed by atoms with Crippen LogP contribution in [0.4, 0.5) is 0 Å². The second-order valence-corrected chi connectivity index (χ2v) is 8.32. The Morgan fingerprint density at radius 3 is 2.75 bits per heavy atom. The summed E-state index contributed by atoms with van der Waals surface area (Å²) >= 11 is 8.50. The average Bonchev–Trinajstić information content (AvgIpc) is 3.15. The van der Waals surface area contributed by atoms with E-state index in [-0.39, 0.29) is 5.91 Å². The van der Waals surface area contributed by atoms with E-state index in [1.54, 1.807) is 4.90 Å². The van der Waals surface area contributed by atoms with Crippen LogP contribution in [-0.2, 0) is 11.2 Å². The van der Waals surface area contributed by atoms with Crippen LogP contribution in [0.15, 0.2) is 52.4 Å². The second-order valence-electron chi connectivity index (χ2n) is 5.52. The molecule has 0 N–H and O–H groups in total. The van der Waals surface area contributed by atoms with Crippen LogP contribution in [0.3, 0.4) is 0 Å². The minimum absolute atomic E-state index is 0.0307. The van der Waals surface area contributed by atoms with E-state index in [1.165, 1.54) is 22.4 Å². The summed E-state index contributed by atoms with van der Waals surface area (Å²) in [6.07, 6.45) is 5.04. The summed E-state index contributed by atoms with van der Waals surface area (Å²) in [4.78, 5) is 17.0. The topological polar surface area (TPSA) is 23.6 Å². The first kappa shape index (κ1) is 17.6. The van der Waals surface area contributed by atoms with Gasteiger partial charge in [0.15, 0.2) is 0 Å². The standard InChI is InChI=1S/C18H20N2OS3/c1-2-20-17(21)15(24-18(20)22)8-9-16-19(12-13-23-16)11-10-14-6-4-3-5-7-14/h3-9H,2,10-13H2,1H3/b15-8-,16-9?. The number of thiocarbonyl (C=S) groups is 1. The molecule has 3 nitrogen and oxygen atoms in total. The molecule has 3 rings (SSSR count). The molecule has 1 amide bonds. The summed E-state index contributed by atoms with van der Waals surface area (Å²) in [5.41, 5.74) is 1.36. The first-order chi connectivity index (χ1) is 11.7. The van der Waals surface area contributed by atoms with Gasteiger partial charge in [-0.1, -0.05) is 54.3 Å². The predicted molar refractivity (Wildman–Crippen MR) is 108 cm³/mol. The van der Waals surface area contributed by atoms with Crippen molar-refractivity contribution in [3.8, 4) is 0 Å². The average molecular weight is 377 g/mol. The first-order valence-electron chi connectivity index (χ1n) is 8.06. The third kappa shape index (κ3) is 4.05. The summed E-state index contributed by atoms with van der Waals surface area (Å²) in [7, 11) is 0. The lowest BCUT2D eigenvalue weighted by Crippen LogP contribution is -2.27. The number of nitrogens with zero attached hydrogens (tertiary/aromatic N) is 2. The van der Waals surface area contributed by atoms with Crippen LogP contribution < -0.4 is 0 Å². The zero-order chi connectivity index (χ0) is 16.9. The molecule has 0 aromatic heterocycles. The van der Waals surface area contributed by atoms with Gasteiger partial charge < -0.3 is 4.90 Å². The number of rotatable bonds is 5. The van der Waals surface area contributed by atoms with Gasteiger partial charge in [-0.05, 0) is 31.1 Å². The molecular weight excluding hydrogens is 356 g/mol. The van der Waals surface area contributed by atoms with Gasteiger partial charge in [-0.2, -0.15) is 0 Å². The molecule has 126 valence electrons. The maximum atomic E-state index is 12.2. The van der Waals surface area contributed by atoms with Gasteiger partial charge >= 0.3 is 0 Å². The molecule has 0 radical (unpaired) electrons. The van der Waals surface area contributed by atoms with Crippen LogP contribution in [-0.4, -0.2) is 45.4 Å². The molecule has 0 saturated carbocycles. The van der Waals surface area contributed by atoms with E-state index in [2.05, 4.69) is 35.2 Å². The Labute approximate surface area is 157 Å². The zero-order valence-corrected chi connectivity index (χ0v) is 16.1. The van der Waals surface area contributed by atoms with Crippen LogP contribution in [0.2, 0.25) is 0 Å². The molecule has 0 aliphatic carbocycles. The number of likely N-dealkylation sites (N-methyl/N-ethyl adjacent to an activating group) is 1. The molecule has 0 unspecified atom stereocenters. The summed E-state index contributed by atoms with van der Waals surface area (Å²) < 4.78 is 0.659. The number of carbonyl (C=O) groups is 1. The smallest absolute Gasteiger partial charge is 0.266 e. The van der Waals surface area contributed by atoms with Gasteiger partial charge in [0.05, 0.1) is 9.93 Å². The first-order valence-corrected chi connectivity index (χ1v) is 10.3. The van der Waals surface area contributed by atoms with Crippen molar-refractivity contribution in [2.45, 2.75) is 13.3 Å². The summed E-state index contributed by atoms with van der Waals surface area (Å²) in [6.45, 7) is 4.65. The Morgan fingerprint density at radius 2 is 2.04 bits per heavy atom. The number of benzene rings is 1. The van der Waals surface area contributed by atoms with Crippen molar-refractivity contribution in [1.82, 2.24) is 9.80 Å². The number of carbonyl (C=O) groups excluding carboxylic acids is 1. The Bertz CT molecular complexity index is 685. The van der Waals surface area contributed by atoms with Crippen LogP contribution in [0.1, 0.15) is 12.5 Å². The Balaban J connectivity index is 1.65. The quantitative estimate of drug-likeness (QED) is 0.573. The number of thioether (sulfide) groups is 2. The van der Waals surface area contributed by atoms with Crippen molar-refractivity contribution >= 4 is 46.0 Å². The third-order valence-corrected chi connectivity index (χ3v) is 6.48. The maximum Gasteiger partial charge on any atom is 0.266 e. The highest BCUT2D eigenvalue weighted by atomic mass is 32.2. The highest BCUT2D eigenvalue weighted by molar-refractivity contribution is 8.26. The number of amides is 1. The van der Waals surface area contributed by atoms with E-state index in [9.17, 15) is 4.79 Å². The Morgan fingerprint density at radius 1 is 1.25 bits per heavy atom. The summed E-state index contributed by atoms with van der Waals surface area (Å²) in [5.74, 6) is 1.13. The fourth-order valence-electron chi connectivity index (χ4n) is 2.68. The van der Waals surface area contributed by atoms with Crippen LogP contribution in [0, 0.1) is 0 Å². The van der Waals surface area contributed by atoms with Crippen molar-refractivity contribution in [2.75, 3.05) is 25.4 Å². The normalized spacial score (nSPS) is 21.5. The van der Waals surface area contributed by atoms with Crippen LogP contribution in [0.5, 0.6) is 0 Å². The van der Waals surface area contributed by atoms with Gasteiger partial charge in [-0.15, -0.1) is 11.8 Å². The van der Waals surface area contributed by atoms with E-state index in [4.69, 9.17) is 12.2 Å². The fraction of sp³-hybridized carbons (Fsp3) is 0.333. The van der Waals surface area contributed by atoms with Gasteiger partial charge in [0.25, 0.3) is 5.91 Å². The van der Waals surface area contributed by atoms with Crippen LogP contribution >= 0.6 is 35.7 Å². The SMILES string of the molecule is CCN1C(=O)/C(=C/C=C2SCCN2CCc2ccccc2)SC1=S. The van der Waals surface area contributed by atoms with Gasteiger partial charge in [0.1, 0.15) is 4.32 Å². The highest BCUT2D eigenvalue weighted by Crippen LogP contribution is 2.32. The number of allylic oxidation sites excluding steroid dienone is 2. The maximum absolute atomic E-state index is 12.2. The van der Waals surface area contributed by atoms with E-state index in [0.29, 0.717) is 10.9 Å². The molecule has 0 bridgehead atoms. The molecule has 1 aromatic rings. The van der Waals surface area contributed by atoms with Gasteiger partial charge in [-0.25, -0.2) is 0 Å². The predicted octanol–water partition coefficient (Wildman–Crippen LogP) is 3.88. The van der Waals surface area contributed by atoms with Crippen molar-refractivity contribution < 1.29 is 4.79 Å². The van der Waals surface area contributed by atoms with Crippen molar-refractivity contribution in [3.63, 3.8) is 0 Å². The Kier molecular flexibility index (Phi) is 6.03. The molecule has 24 heavy (non-hydrogen) atoms. The lowest BCUT2D eigenvalue weighted by Gasteiger charge is -2.18. The minimum atomic E-state index is 0.0307. The molecule has 2 heterocycles. The summed E-state index contributed by atoms with van der Waals surface area (Å²) in [6, 6.07) is 10.6. The number of hydrogen-bond acceptors (Lipinski definition) is 5. The van der Waals surface area contributed by atoms with Crippen LogP contribution in [0.25, 0.3) is 0 Å². The highest BCUT2D eigenvalue weighted by Gasteiger charge is 2.30. The van der Waals surface area contributed by atoms with Crippen molar-refractivity contribution in [2.24, 2.45) is 0 Å². The molecule has 2 saturated heterocycles. The lowest BCUT2D eigenvalue weighted by atomic mass is 10.1. The van der Waals surface area contributed by atoms with Crippen molar-refractivity contribution in [1.29, 1.82) is 0 Å². The molecule has 0 atom stereocenters. The third-order valence-electron chi connectivity index (χ3n) is 4.00. The molecule has 2 fully saturated rings. The van der Waals surface area contributed by atoms with Gasteiger partial charge in [-0.3, -0.25) is 9.69 Å². The van der Waals surface area contributed by atoms with E-state index >= 15 is 0 Å². The minimum Gasteiger partial charge on any atom is -0.365 e. The Hall–Kier alpha value is -1.24. The largest absolute Gasteiger partial charge is 0.365 e. The molecule has 0 spiro atoms. The molecule has 6 heteroatoms. The molecular formula is C18H20N2OS3. The van der Waals surface area contributed by atoms with Gasteiger partial charge in [0.2, 0.25) is 0 Å². The second kappa shape index (κ2) is 8.23. The van der Waals surface area contributed by atoms with E-state index in [1.807, 2.05) is 30.8 Å². The van der Waals surface area contributed by atoms with Crippen molar-refractivity contribution in [3.05, 3.63) is 58.0 Å². The zero-order valence-electron chi connectivity index (χ0n) is 13.6. The number of hydrogen-bond donors (Lipinski definition) is 0. The monoisotopic (exact) mass is 376 g/mol. The molecule has 2 aliphatic rings. The lowest BCUT2D eigenvalue weighted by molar-refractivity contribution is -0.122. The summed E-state index contributed by atoms with van der Waals surface area (Å²) in [5, 5.41) is 1.24. The van der Waals surface area contributed by atoms with E-state index in [0.717, 1.165) is 30.2 Å². The fourth-order valence-corrected chi connectivity index (χ4v) is 5.06. The molecule has 2 aliphatic heterocycles. The van der Waals surface area contributed by atoms with E-state index < -0.39 is 0 Å². The molecule has 1 aromatic carbocycles.